The van der Waals surface area contributed by atoms with Crippen molar-refractivity contribution < 1.29 is 0 Å². The Kier molecular flexibility index (Phi) is 5.85. The number of hydrogen-bond donors (Lipinski definition) is 2. The second-order valence-electron chi connectivity index (χ2n) is 4.71. The number of nitrogens with two attached hydrogens (primary N) is 2. The van der Waals surface area contributed by atoms with Crippen molar-refractivity contribution in [3.05, 3.63) is 72.9 Å². The van der Waals surface area contributed by atoms with Gasteiger partial charge >= 0.3 is 0 Å². The molecule has 0 saturated carbocycles. The van der Waals surface area contributed by atoms with Crippen LogP contribution in [0.2, 0.25) is 0 Å². The van der Waals surface area contributed by atoms with Crippen LogP contribution in [0.1, 0.15) is 22.3 Å². The molecule has 0 fully saturated rings. The van der Waals surface area contributed by atoms with Gasteiger partial charge in [-0.25, -0.2) is 0 Å². The summed E-state index contributed by atoms with van der Waals surface area (Å²) < 4.78 is 0. The van der Waals surface area contributed by atoms with E-state index in [1.807, 2.05) is 24.3 Å². The Labute approximate surface area is 122 Å². The van der Waals surface area contributed by atoms with Gasteiger partial charge in [0.05, 0.1) is 0 Å². The highest BCUT2D eigenvalue weighted by atomic mass is 14.6. The first-order valence-electron chi connectivity index (χ1n) is 6.76. The lowest BCUT2D eigenvalue weighted by Gasteiger charge is -2.21. The normalized spacial score (nSPS) is 10.0. The third-order valence-corrected chi connectivity index (χ3v) is 3.42. The molecule has 2 nitrogen and oxygen atoms in total. The third-order valence-electron chi connectivity index (χ3n) is 3.42. The predicted molar refractivity (Wildman–Crippen MR) is 90.9 cm³/mol. The Morgan fingerprint density at radius 2 is 0.850 bits per heavy atom. The maximum absolute atomic E-state index is 6.32. The summed E-state index contributed by atoms with van der Waals surface area (Å²) in [5, 5.41) is 0. The fourth-order valence-corrected chi connectivity index (χ4v) is 2.53. The molecule has 0 aliphatic heterocycles. The minimum atomic E-state index is 0.667. The fraction of sp³-hybridized carbons (Fsp3) is 0.222. The van der Waals surface area contributed by atoms with Crippen molar-refractivity contribution in [2.24, 2.45) is 0 Å². The largest absolute Gasteiger partial charge is 0.398 e. The van der Waals surface area contributed by atoms with E-state index in [9.17, 15) is 0 Å². The van der Waals surface area contributed by atoms with Crippen molar-refractivity contribution in [3.8, 4) is 0 Å². The van der Waals surface area contributed by atoms with Gasteiger partial charge in [0.15, 0.2) is 0 Å². The SMILES string of the molecule is C=CCc1c(N)c(CC=C)c(CC=C)c(CC=C)c1N. The molecular formula is C18H24N2. The van der Waals surface area contributed by atoms with E-state index in [-0.39, 0.29) is 0 Å². The molecule has 0 aromatic heterocycles. The Bertz CT molecular complexity index is 502. The van der Waals surface area contributed by atoms with Crippen molar-refractivity contribution in [3.63, 3.8) is 0 Å². The molecule has 1 rings (SSSR count). The average Bonchev–Trinajstić information content (AvgIpc) is 2.43. The van der Waals surface area contributed by atoms with E-state index in [2.05, 4.69) is 26.3 Å². The summed E-state index contributed by atoms with van der Waals surface area (Å²) >= 11 is 0. The number of allylic oxidation sites excluding steroid dienone is 4. The van der Waals surface area contributed by atoms with Gasteiger partial charge in [-0.05, 0) is 42.4 Å². The van der Waals surface area contributed by atoms with Gasteiger partial charge in [-0.1, -0.05) is 24.3 Å². The van der Waals surface area contributed by atoms with Crippen LogP contribution in [0.5, 0.6) is 0 Å². The summed E-state index contributed by atoms with van der Waals surface area (Å²) in [7, 11) is 0. The Balaban J connectivity index is 3.67. The van der Waals surface area contributed by atoms with Crippen LogP contribution >= 0.6 is 0 Å². The highest BCUT2D eigenvalue weighted by Crippen LogP contribution is 2.34. The first-order valence-corrected chi connectivity index (χ1v) is 6.76. The van der Waals surface area contributed by atoms with Crippen LogP contribution < -0.4 is 11.5 Å². The van der Waals surface area contributed by atoms with E-state index in [4.69, 9.17) is 11.5 Å². The average molecular weight is 268 g/mol. The predicted octanol–water partition coefficient (Wildman–Crippen LogP) is 3.77. The van der Waals surface area contributed by atoms with Crippen LogP contribution in [0, 0.1) is 0 Å². The highest BCUT2D eigenvalue weighted by molar-refractivity contribution is 5.73. The van der Waals surface area contributed by atoms with Crippen LogP contribution in [0.3, 0.4) is 0 Å². The first kappa shape index (κ1) is 15.8. The molecule has 0 unspecified atom stereocenters. The molecule has 106 valence electrons. The minimum Gasteiger partial charge on any atom is -0.398 e. The first-order chi connectivity index (χ1) is 9.62. The molecule has 0 saturated heterocycles. The standard InChI is InChI=1S/C18H24N2/c1-5-9-13-14(10-6-2)17(19)16(12-8-4)18(20)15(13)11-7-3/h5-8H,1-4,9-12,19-20H2. The molecule has 0 bridgehead atoms. The molecule has 0 atom stereocenters. The van der Waals surface area contributed by atoms with Crippen molar-refractivity contribution in [2.75, 3.05) is 11.5 Å². The summed E-state index contributed by atoms with van der Waals surface area (Å²) in [4.78, 5) is 0. The molecule has 1 aromatic carbocycles. The zero-order valence-electron chi connectivity index (χ0n) is 12.1. The zero-order valence-corrected chi connectivity index (χ0v) is 12.1. The van der Waals surface area contributed by atoms with Gasteiger partial charge in [-0.15, -0.1) is 26.3 Å². The molecule has 2 heteroatoms. The lowest BCUT2D eigenvalue weighted by Crippen LogP contribution is -2.12. The van der Waals surface area contributed by atoms with Gasteiger partial charge in [0.25, 0.3) is 0 Å². The van der Waals surface area contributed by atoms with Gasteiger partial charge in [0.1, 0.15) is 0 Å². The van der Waals surface area contributed by atoms with Crippen molar-refractivity contribution >= 4 is 11.4 Å². The zero-order chi connectivity index (χ0) is 15.1. The molecule has 0 spiro atoms. The lowest BCUT2D eigenvalue weighted by molar-refractivity contribution is 1.07. The van der Waals surface area contributed by atoms with E-state index >= 15 is 0 Å². The molecular weight excluding hydrogens is 244 g/mol. The van der Waals surface area contributed by atoms with Crippen LogP contribution in [0.25, 0.3) is 0 Å². The van der Waals surface area contributed by atoms with E-state index in [0.717, 1.165) is 52.9 Å². The summed E-state index contributed by atoms with van der Waals surface area (Å²) in [5.74, 6) is 0. The smallest absolute Gasteiger partial charge is 0.0409 e. The molecule has 0 aliphatic carbocycles. The monoisotopic (exact) mass is 268 g/mol. The summed E-state index contributed by atoms with van der Waals surface area (Å²) in [5.41, 5.74) is 18.5. The summed E-state index contributed by atoms with van der Waals surface area (Å²) in [6, 6.07) is 0. The van der Waals surface area contributed by atoms with Gasteiger partial charge in [0, 0.05) is 16.9 Å². The lowest BCUT2D eigenvalue weighted by atomic mass is 9.87. The van der Waals surface area contributed by atoms with Crippen LogP contribution in [0.15, 0.2) is 50.6 Å². The number of rotatable bonds is 8. The van der Waals surface area contributed by atoms with Gasteiger partial charge in [-0.3, -0.25) is 0 Å². The summed E-state index contributed by atoms with van der Waals surface area (Å²) in [6.07, 6.45) is 10.3. The van der Waals surface area contributed by atoms with Crippen molar-refractivity contribution in [2.45, 2.75) is 25.7 Å². The highest BCUT2D eigenvalue weighted by Gasteiger charge is 2.18. The quantitative estimate of drug-likeness (QED) is 0.557. The van der Waals surface area contributed by atoms with Crippen molar-refractivity contribution in [1.82, 2.24) is 0 Å². The number of anilines is 2. The van der Waals surface area contributed by atoms with E-state index < -0.39 is 0 Å². The Morgan fingerprint density at radius 3 is 1.20 bits per heavy atom. The van der Waals surface area contributed by atoms with E-state index in [1.165, 1.54) is 0 Å². The molecule has 0 amide bonds. The Morgan fingerprint density at radius 1 is 0.550 bits per heavy atom. The molecule has 1 aromatic rings. The third kappa shape index (κ3) is 3.02. The topological polar surface area (TPSA) is 52.0 Å². The number of hydrogen-bond acceptors (Lipinski definition) is 2. The number of nitrogen functional groups attached to an aromatic ring is 2. The molecule has 4 N–H and O–H groups in total. The minimum absolute atomic E-state index is 0.667. The molecule has 20 heavy (non-hydrogen) atoms. The fourth-order valence-electron chi connectivity index (χ4n) is 2.53. The maximum atomic E-state index is 6.32. The molecule has 0 radical (unpaired) electrons. The van der Waals surface area contributed by atoms with Crippen molar-refractivity contribution in [1.29, 1.82) is 0 Å². The van der Waals surface area contributed by atoms with Crippen LogP contribution in [-0.2, 0) is 25.7 Å². The van der Waals surface area contributed by atoms with Gasteiger partial charge < -0.3 is 11.5 Å². The molecule has 0 aliphatic rings. The van der Waals surface area contributed by atoms with E-state index in [1.54, 1.807) is 0 Å². The maximum Gasteiger partial charge on any atom is 0.0409 e. The van der Waals surface area contributed by atoms with Gasteiger partial charge in [0.2, 0.25) is 0 Å². The van der Waals surface area contributed by atoms with Gasteiger partial charge in [-0.2, -0.15) is 0 Å². The second kappa shape index (κ2) is 7.39. The summed E-state index contributed by atoms with van der Waals surface area (Å²) in [6.45, 7) is 15.2. The van der Waals surface area contributed by atoms with E-state index in [0.29, 0.717) is 6.42 Å². The second-order valence-corrected chi connectivity index (χ2v) is 4.71. The van der Waals surface area contributed by atoms with Crippen LogP contribution in [-0.4, -0.2) is 0 Å². The van der Waals surface area contributed by atoms with Crippen LogP contribution in [0.4, 0.5) is 11.4 Å². The number of benzene rings is 1. The molecule has 0 heterocycles. The Hall–Kier alpha value is -2.22.